The van der Waals surface area contributed by atoms with Gasteiger partial charge >= 0.3 is 6.03 Å². The van der Waals surface area contributed by atoms with Crippen molar-refractivity contribution in [1.82, 2.24) is 15.1 Å². The molecule has 3 rings (SSSR count). The lowest BCUT2D eigenvalue weighted by Crippen LogP contribution is -2.41. The van der Waals surface area contributed by atoms with Crippen molar-refractivity contribution >= 4 is 17.6 Å². The zero-order valence-corrected chi connectivity index (χ0v) is 17.9. The maximum atomic E-state index is 12.9. The molecule has 1 saturated heterocycles. The van der Waals surface area contributed by atoms with Crippen LogP contribution in [0.15, 0.2) is 48.5 Å². The van der Waals surface area contributed by atoms with E-state index in [9.17, 15) is 9.59 Å². The highest BCUT2D eigenvalue weighted by molar-refractivity contribution is 6.03. The van der Waals surface area contributed by atoms with Gasteiger partial charge in [-0.3, -0.25) is 4.79 Å². The number of likely N-dealkylation sites (N-methyl/N-ethyl adjacent to an activating group) is 1. The van der Waals surface area contributed by atoms with Crippen LogP contribution in [-0.4, -0.2) is 68.7 Å². The molecular weight excluding hydrogens is 380 g/mol. The number of para-hydroxylation sites is 1. The summed E-state index contributed by atoms with van der Waals surface area (Å²) in [7, 11) is 3.97. The highest BCUT2D eigenvalue weighted by atomic mass is 16.5. The van der Waals surface area contributed by atoms with Gasteiger partial charge in [0.1, 0.15) is 0 Å². The molecule has 1 aliphatic heterocycles. The lowest BCUT2D eigenvalue weighted by Gasteiger charge is -2.28. The van der Waals surface area contributed by atoms with Gasteiger partial charge in [-0.05, 0) is 38.7 Å². The Bertz CT molecular complexity index is 861. The molecule has 30 heavy (non-hydrogen) atoms. The Labute approximate surface area is 178 Å². The molecule has 160 valence electrons. The van der Waals surface area contributed by atoms with Crippen molar-refractivity contribution in [2.24, 2.45) is 0 Å². The van der Waals surface area contributed by atoms with E-state index in [1.807, 2.05) is 14.1 Å². The summed E-state index contributed by atoms with van der Waals surface area (Å²) in [5.74, 6) is -0.0972. The molecule has 0 radical (unpaired) electrons. The number of hydrogen-bond donors (Lipinski definition) is 2. The van der Waals surface area contributed by atoms with E-state index in [2.05, 4.69) is 46.7 Å². The van der Waals surface area contributed by atoms with Crippen LogP contribution in [0.25, 0.3) is 0 Å². The summed E-state index contributed by atoms with van der Waals surface area (Å²) in [5.41, 5.74) is 3.32. The van der Waals surface area contributed by atoms with Gasteiger partial charge in [-0.1, -0.05) is 42.0 Å². The number of morpholine rings is 1. The Hall–Kier alpha value is -2.90. The molecule has 0 aliphatic carbocycles. The Morgan fingerprint density at radius 1 is 1.07 bits per heavy atom. The van der Waals surface area contributed by atoms with Gasteiger partial charge in [0.2, 0.25) is 0 Å². The first kappa shape index (κ1) is 21.8. The number of aryl methyl sites for hydroxylation is 1. The van der Waals surface area contributed by atoms with E-state index in [0.717, 1.165) is 5.56 Å². The number of rotatable bonds is 6. The van der Waals surface area contributed by atoms with Crippen molar-refractivity contribution in [2.45, 2.75) is 13.0 Å². The minimum Gasteiger partial charge on any atom is -0.378 e. The summed E-state index contributed by atoms with van der Waals surface area (Å²) < 4.78 is 5.32. The molecule has 1 unspecified atom stereocenters. The SMILES string of the molecule is Cc1ccc(C(CNC(=O)Nc2ccccc2C(=O)N2CCOCC2)N(C)C)cc1. The highest BCUT2D eigenvalue weighted by Crippen LogP contribution is 2.20. The molecule has 2 aromatic carbocycles. The topological polar surface area (TPSA) is 73.9 Å². The van der Waals surface area contributed by atoms with Crippen LogP contribution in [0, 0.1) is 6.92 Å². The number of carbonyl (C=O) groups is 2. The number of nitrogens with zero attached hydrogens (tertiary/aromatic N) is 2. The molecule has 2 N–H and O–H groups in total. The number of amides is 3. The molecule has 1 heterocycles. The normalized spacial score (nSPS) is 15.0. The van der Waals surface area contributed by atoms with E-state index in [4.69, 9.17) is 4.74 Å². The van der Waals surface area contributed by atoms with Crippen LogP contribution in [0.5, 0.6) is 0 Å². The number of urea groups is 1. The number of nitrogens with one attached hydrogen (secondary N) is 2. The molecular formula is C23H30N4O3. The Morgan fingerprint density at radius 2 is 1.73 bits per heavy atom. The van der Waals surface area contributed by atoms with Crippen LogP contribution in [0.4, 0.5) is 10.5 Å². The van der Waals surface area contributed by atoms with Crippen molar-refractivity contribution < 1.29 is 14.3 Å². The van der Waals surface area contributed by atoms with Gasteiger partial charge in [0, 0.05) is 19.6 Å². The molecule has 3 amide bonds. The average Bonchev–Trinajstić information content (AvgIpc) is 2.75. The van der Waals surface area contributed by atoms with E-state index in [1.165, 1.54) is 5.56 Å². The van der Waals surface area contributed by atoms with Crippen LogP contribution in [-0.2, 0) is 4.74 Å². The summed E-state index contributed by atoms with van der Waals surface area (Å²) in [6.07, 6.45) is 0. The first-order valence-electron chi connectivity index (χ1n) is 10.2. The minimum atomic E-state index is -0.337. The fraction of sp³-hybridized carbons (Fsp3) is 0.391. The van der Waals surface area contributed by atoms with Crippen molar-refractivity contribution in [3.05, 3.63) is 65.2 Å². The quantitative estimate of drug-likeness (QED) is 0.768. The minimum absolute atomic E-state index is 0.0431. The first-order valence-corrected chi connectivity index (χ1v) is 10.2. The number of hydrogen-bond acceptors (Lipinski definition) is 4. The van der Waals surface area contributed by atoms with Crippen LogP contribution < -0.4 is 10.6 Å². The lowest BCUT2D eigenvalue weighted by atomic mass is 10.0. The van der Waals surface area contributed by atoms with Crippen LogP contribution in [0.2, 0.25) is 0 Å². The van der Waals surface area contributed by atoms with E-state index < -0.39 is 0 Å². The largest absolute Gasteiger partial charge is 0.378 e. The second kappa shape index (κ2) is 10.2. The highest BCUT2D eigenvalue weighted by Gasteiger charge is 2.22. The molecule has 7 heteroatoms. The van der Waals surface area contributed by atoms with E-state index in [-0.39, 0.29) is 18.0 Å². The number of benzene rings is 2. The maximum Gasteiger partial charge on any atom is 0.319 e. The van der Waals surface area contributed by atoms with Crippen molar-refractivity contribution in [3.8, 4) is 0 Å². The summed E-state index contributed by atoms with van der Waals surface area (Å²) in [6, 6.07) is 15.1. The van der Waals surface area contributed by atoms with Gasteiger partial charge in [-0.25, -0.2) is 4.79 Å². The second-order valence-corrected chi connectivity index (χ2v) is 7.68. The lowest BCUT2D eigenvalue weighted by molar-refractivity contribution is 0.0303. The first-order chi connectivity index (χ1) is 14.5. The predicted octanol–water partition coefficient (Wildman–Crippen LogP) is 2.89. The molecule has 0 saturated carbocycles. The Balaban J connectivity index is 1.64. The van der Waals surface area contributed by atoms with Crippen LogP contribution in [0.1, 0.15) is 27.5 Å². The molecule has 7 nitrogen and oxygen atoms in total. The van der Waals surface area contributed by atoms with Gasteiger partial charge in [0.25, 0.3) is 5.91 Å². The molecule has 0 bridgehead atoms. The summed E-state index contributed by atoms with van der Waals surface area (Å²) in [6.45, 7) is 4.68. The standard InChI is InChI=1S/C23H30N4O3/c1-17-8-10-18(11-9-17)21(26(2)3)16-24-23(29)25-20-7-5-4-6-19(20)22(28)27-12-14-30-15-13-27/h4-11,21H,12-16H2,1-3H3,(H2,24,25,29). The zero-order chi connectivity index (χ0) is 21.5. The Morgan fingerprint density at radius 3 is 2.40 bits per heavy atom. The fourth-order valence-corrected chi connectivity index (χ4v) is 3.46. The molecule has 1 aliphatic rings. The molecule has 1 atom stereocenters. The maximum absolute atomic E-state index is 12.9. The summed E-state index contributed by atoms with van der Waals surface area (Å²) >= 11 is 0. The monoisotopic (exact) mass is 410 g/mol. The van der Waals surface area contributed by atoms with E-state index in [1.54, 1.807) is 29.2 Å². The molecule has 1 fully saturated rings. The van der Waals surface area contributed by atoms with Crippen molar-refractivity contribution in [2.75, 3.05) is 52.3 Å². The second-order valence-electron chi connectivity index (χ2n) is 7.68. The van der Waals surface area contributed by atoms with Crippen molar-refractivity contribution in [3.63, 3.8) is 0 Å². The number of ether oxygens (including phenoxy) is 1. The zero-order valence-electron chi connectivity index (χ0n) is 17.9. The van der Waals surface area contributed by atoms with Crippen LogP contribution in [0.3, 0.4) is 0 Å². The number of carbonyl (C=O) groups excluding carboxylic acids is 2. The van der Waals surface area contributed by atoms with Crippen molar-refractivity contribution in [1.29, 1.82) is 0 Å². The van der Waals surface area contributed by atoms with Gasteiger partial charge in [0.05, 0.1) is 30.5 Å². The third-order valence-electron chi connectivity index (χ3n) is 5.25. The third kappa shape index (κ3) is 5.58. The smallest absolute Gasteiger partial charge is 0.319 e. The van der Waals surface area contributed by atoms with E-state index >= 15 is 0 Å². The molecule has 0 spiro atoms. The van der Waals surface area contributed by atoms with Gasteiger partial charge < -0.3 is 25.2 Å². The molecule has 0 aromatic heterocycles. The molecule has 2 aromatic rings. The number of anilines is 1. The Kier molecular flexibility index (Phi) is 7.43. The summed E-state index contributed by atoms with van der Waals surface area (Å²) in [4.78, 5) is 29.3. The fourth-order valence-electron chi connectivity index (χ4n) is 3.46. The van der Waals surface area contributed by atoms with Gasteiger partial charge in [-0.2, -0.15) is 0 Å². The third-order valence-corrected chi connectivity index (χ3v) is 5.25. The summed E-state index contributed by atoms with van der Waals surface area (Å²) in [5, 5.41) is 5.77. The average molecular weight is 411 g/mol. The van der Waals surface area contributed by atoms with Gasteiger partial charge in [0.15, 0.2) is 0 Å². The van der Waals surface area contributed by atoms with E-state index in [0.29, 0.717) is 44.1 Å². The predicted molar refractivity (Wildman–Crippen MR) is 118 cm³/mol. The van der Waals surface area contributed by atoms with Crippen LogP contribution >= 0.6 is 0 Å². The van der Waals surface area contributed by atoms with Gasteiger partial charge in [-0.15, -0.1) is 0 Å².